The van der Waals surface area contributed by atoms with E-state index in [4.69, 9.17) is 14.0 Å². The number of rotatable bonds is 2. The number of ether oxygens (including phenoxy) is 2. The van der Waals surface area contributed by atoms with E-state index in [-0.39, 0.29) is 29.5 Å². The second-order valence-electron chi connectivity index (χ2n) is 5.78. The highest BCUT2D eigenvalue weighted by molar-refractivity contribution is 7.10. The zero-order valence-electron chi connectivity index (χ0n) is 11.9. The van der Waals surface area contributed by atoms with Crippen molar-refractivity contribution < 1.29 is 27.2 Å². The van der Waals surface area contributed by atoms with Crippen LogP contribution in [0, 0.1) is 0 Å². The summed E-state index contributed by atoms with van der Waals surface area (Å²) < 4.78 is 55.5. The van der Waals surface area contributed by atoms with Gasteiger partial charge >= 0.3 is 6.18 Å². The van der Waals surface area contributed by atoms with E-state index < -0.39 is 17.2 Å². The van der Waals surface area contributed by atoms with Crippen LogP contribution in [0.4, 0.5) is 13.2 Å². The fourth-order valence-electron chi connectivity index (χ4n) is 2.86. The van der Waals surface area contributed by atoms with Crippen LogP contribution in [0.5, 0.6) is 0 Å². The Labute approximate surface area is 133 Å². The molecule has 1 spiro atoms. The monoisotopic (exact) mass is 346 g/mol. The summed E-state index contributed by atoms with van der Waals surface area (Å²) in [6.07, 6.45) is -2.07. The summed E-state index contributed by atoms with van der Waals surface area (Å²) in [5, 5.41) is 5.04. The van der Waals surface area contributed by atoms with E-state index in [1.54, 1.807) is 0 Å². The molecule has 1 aliphatic carbocycles. The minimum atomic E-state index is -4.44. The second kappa shape index (κ2) is 5.29. The number of halogens is 3. The highest BCUT2D eigenvalue weighted by atomic mass is 32.1. The molecule has 0 amide bonds. The molecule has 1 atom stereocenters. The van der Waals surface area contributed by atoms with Gasteiger partial charge in [-0.25, -0.2) is 0 Å². The molecule has 0 bridgehead atoms. The number of nitrogens with zero attached hydrogens (tertiary/aromatic N) is 2. The molecule has 1 aliphatic heterocycles. The molecule has 23 heavy (non-hydrogen) atoms. The predicted molar refractivity (Wildman–Crippen MR) is 73.8 cm³/mol. The molecule has 2 fully saturated rings. The predicted octanol–water partition coefficient (Wildman–Crippen LogP) is 3.83. The number of aromatic nitrogens is 2. The van der Waals surface area contributed by atoms with Crippen LogP contribution in [0.15, 0.2) is 16.0 Å². The van der Waals surface area contributed by atoms with Crippen molar-refractivity contribution in [2.75, 3.05) is 13.2 Å². The van der Waals surface area contributed by atoms with Crippen LogP contribution in [-0.2, 0) is 15.7 Å². The normalized spacial score (nSPS) is 23.9. The van der Waals surface area contributed by atoms with Crippen molar-refractivity contribution >= 4 is 11.3 Å². The topological polar surface area (TPSA) is 57.4 Å². The summed E-state index contributed by atoms with van der Waals surface area (Å²) in [7, 11) is 0. The Hall–Kier alpha value is -1.45. The van der Waals surface area contributed by atoms with Crippen LogP contribution in [-0.4, -0.2) is 29.0 Å². The second-order valence-corrected chi connectivity index (χ2v) is 6.69. The third kappa shape index (κ3) is 2.66. The molecule has 0 radical (unpaired) electrons. The number of thiophene rings is 1. The van der Waals surface area contributed by atoms with E-state index in [0.29, 0.717) is 17.9 Å². The quantitative estimate of drug-likeness (QED) is 0.827. The maximum atomic E-state index is 13.0. The first-order chi connectivity index (χ1) is 11.0. The van der Waals surface area contributed by atoms with Gasteiger partial charge in [-0.3, -0.25) is 0 Å². The van der Waals surface area contributed by atoms with Gasteiger partial charge in [-0.1, -0.05) is 5.16 Å². The molecule has 3 heterocycles. The van der Waals surface area contributed by atoms with Crippen molar-refractivity contribution in [3.8, 4) is 11.4 Å². The fraction of sp³-hybridized carbons (Fsp3) is 0.571. The largest absolute Gasteiger partial charge is 0.426 e. The van der Waals surface area contributed by atoms with E-state index in [1.165, 1.54) is 11.4 Å². The highest BCUT2D eigenvalue weighted by Crippen LogP contribution is 2.43. The minimum Gasteiger partial charge on any atom is -0.375 e. The summed E-state index contributed by atoms with van der Waals surface area (Å²) in [6.45, 7) is 0.798. The third-order valence-electron chi connectivity index (χ3n) is 4.17. The fourth-order valence-corrected chi connectivity index (χ4v) is 3.62. The number of hydrogen-bond acceptors (Lipinski definition) is 6. The molecule has 1 unspecified atom stereocenters. The van der Waals surface area contributed by atoms with Crippen LogP contribution in [0.25, 0.3) is 11.4 Å². The Balaban J connectivity index is 1.59. The van der Waals surface area contributed by atoms with Gasteiger partial charge in [-0.05, 0) is 30.7 Å². The molecule has 0 aromatic carbocycles. The average molecular weight is 346 g/mol. The summed E-state index contributed by atoms with van der Waals surface area (Å²) in [6, 6.07) is 1.34. The lowest BCUT2D eigenvalue weighted by Gasteiger charge is -2.46. The van der Waals surface area contributed by atoms with Crippen molar-refractivity contribution in [3.05, 3.63) is 22.2 Å². The van der Waals surface area contributed by atoms with Crippen LogP contribution in [0.2, 0.25) is 0 Å². The van der Waals surface area contributed by atoms with Gasteiger partial charge in [-0.15, -0.1) is 11.3 Å². The first-order valence-electron chi connectivity index (χ1n) is 7.21. The van der Waals surface area contributed by atoms with Crippen molar-refractivity contribution in [1.82, 2.24) is 10.1 Å². The SMILES string of the molecule is FC(F)(F)c1sccc1-c1noc(C2COCC3(CCC3)O2)n1. The molecular weight excluding hydrogens is 333 g/mol. The molecule has 2 aromatic rings. The Morgan fingerprint density at radius 3 is 2.83 bits per heavy atom. The summed E-state index contributed by atoms with van der Waals surface area (Å²) in [4.78, 5) is 3.36. The zero-order chi connectivity index (χ0) is 16.1. The van der Waals surface area contributed by atoms with Gasteiger partial charge < -0.3 is 14.0 Å². The third-order valence-corrected chi connectivity index (χ3v) is 5.13. The van der Waals surface area contributed by atoms with E-state index in [2.05, 4.69) is 10.1 Å². The number of alkyl halides is 3. The van der Waals surface area contributed by atoms with E-state index >= 15 is 0 Å². The minimum absolute atomic E-state index is 0.0763. The summed E-state index contributed by atoms with van der Waals surface area (Å²) in [5.74, 6) is 0.0794. The van der Waals surface area contributed by atoms with Crippen LogP contribution in [0.1, 0.15) is 36.1 Å². The molecule has 2 aromatic heterocycles. The lowest BCUT2D eigenvalue weighted by Crippen LogP contribution is -2.49. The van der Waals surface area contributed by atoms with Gasteiger partial charge in [0.1, 0.15) is 4.88 Å². The maximum Gasteiger partial charge on any atom is 0.426 e. The van der Waals surface area contributed by atoms with Crippen LogP contribution >= 0.6 is 11.3 Å². The Morgan fingerprint density at radius 1 is 1.30 bits per heavy atom. The van der Waals surface area contributed by atoms with Crippen molar-refractivity contribution in [1.29, 1.82) is 0 Å². The molecule has 0 N–H and O–H groups in total. The van der Waals surface area contributed by atoms with E-state index in [9.17, 15) is 13.2 Å². The van der Waals surface area contributed by atoms with Crippen molar-refractivity contribution in [2.45, 2.75) is 37.1 Å². The smallest absolute Gasteiger partial charge is 0.375 e. The van der Waals surface area contributed by atoms with E-state index in [0.717, 1.165) is 19.3 Å². The first-order valence-corrected chi connectivity index (χ1v) is 8.09. The molecule has 5 nitrogen and oxygen atoms in total. The molecule has 9 heteroatoms. The van der Waals surface area contributed by atoms with Crippen LogP contribution < -0.4 is 0 Å². The highest BCUT2D eigenvalue weighted by Gasteiger charge is 2.45. The van der Waals surface area contributed by atoms with Gasteiger partial charge in [0.2, 0.25) is 5.82 Å². The molecule has 1 saturated carbocycles. The lowest BCUT2D eigenvalue weighted by atomic mass is 9.80. The molecule has 4 rings (SSSR count). The first kappa shape index (κ1) is 15.1. The Morgan fingerprint density at radius 2 is 2.13 bits per heavy atom. The van der Waals surface area contributed by atoms with Gasteiger partial charge in [0.25, 0.3) is 5.89 Å². The standard InChI is InChI=1S/C14H13F3N2O3S/c15-14(16,17)10-8(2-5-23-10)11-18-12(22-19-11)9-6-20-7-13(21-9)3-1-4-13/h2,5,9H,1,3-4,6-7H2. The zero-order valence-corrected chi connectivity index (χ0v) is 12.7. The maximum absolute atomic E-state index is 13.0. The van der Waals surface area contributed by atoms with Gasteiger partial charge in [-0.2, -0.15) is 18.2 Å². The van der Waals surface area contributed by atoms with Gasteiger partial charge in [0.15, 0.2) is 6.10 Å². The van der Waals surface area contributed by atoms with Gasteiger partial charge in [0, 0.05) is 5.56 Å². The number of hydrogen-bond donors (Lipinski definition) is 0. The summed E-state index contributed by atoms with van der Waals surface area (Å²) >= 11 is 0.606. The molecular formula is C14H13F3N2O3S. The Bertz CT molecular complexity index is 708. The Kier molecular flexibility index (Phi) is 3.47. The lowest BCUT2D eigenvalue weighted by molar-refractivity contribution is -0.236. The van der Waals surface area contributed by atoms with Crippen molar-refractivity contribution in [3.63, 3.8) is 0 Å². The van der Waals surface area contributed by atoms with Crippen molar-refractivity contribution in [2.24, 2.45) is 0 Å². The van der Waals surface area contributed by atoms with Crippen LogP contribution in [0.3, 0.4) is 0 Å². The van der Waals surface area contributed by atoms with E-state index in [1.807, 2.05) is 0 Å². The average Bonchev–Trinajstić information content (AvgIpc) is 3.13. The molecule has 1 saturated heterocycles. The molecule has 124 valence electrons. The summed E-state index contributed by atoms with van der Waals surface area (Å²) in [5.41, 5.74) is -0.371. The molecule has 2 aliphatic rings. The van der Waals surface area contributed by atoms with Gasteiger partial charge in [0.05, 0.1) is 18.8 Å².